The third-order valence-electron chi connectivity index (χ3n) is 3.51. The number of ether oxygens (including phenoxy) is 2. The quantitative estimate of drug-likeness (QED) is 0.526. The fourth-order valence-corrected chi connectivity index (χ4v) is 2.49. The highest BCUT2D eigenvalue weighted by Crippen LogP contribution is 2.29. The molecule has 19 heavy (non-hydrogen) atoms. The molecule has 0 aromatic rings. The summed E-state index contributed by atoms with van der Waals surface area (Å²) >= 11 is 0. The molecule has 0 bridgehead atoms. The van der Waals surface area contributed by atoms with E-state index in [0.29, 0.717) is 0 Å². The van der Waals surface area contributed by atoms with Crippen LogP contribution in [0.5, 0.6) is 0 Å². The van der Waals surface area contributed by atoms with Crippen LogP contribution in [-0.2, 0) is 19.1 Å². The first-order chi connectivity index (χ1) is 9.15. The molecule has 0 atom stereocenters. The Morgan fingerprint density at radius 1 is 1.26 bits per heavy atom. The molecule has 0 amide bonds. The van der Waals surface area contributed by atoms with E-state index in [9.17, 15) is 9.59 Å². The van der Waals surface area contributed by atoms with Crippen molar-refractivity contribution in [2.75, 3.05) is 6.61 Å². The Balaban J connectivity index is 2.13. The highest BCUT2D eigenvalue weighted by atomic mass is 16.6. The van der Waals surface area contributed by atoms with E-state index in [1.807, 2.05) is 0 Å². The third kappa shape index (κ3) is 6.41. The van der Waals surface area contributed by atoms with E-state index in [1.165, 1.54) is 12.8 Å². The molecule has 0 spiro atoms. The highest BCUT2D eigenvalue weighted by molar-refractivity contribution is 5.81. The lowest BCUT2D eigenvalue weighted by atomic mass is 9.85. The Morgan fingerprint density at radius 3 is 2.53 bits per heavy atom. The Hall–Kier alpha value is -1.32. The van der Waals surface area contributed by atoms with E-state index in [4.69, 9.17) is 9.47 Å². The SMILES string of the molecule is C=CC(=O)OCCC(=O)OC1CCC(CCC)CC1. The summed E-state index contributed by atoms with van der Waals surface area (Å²) in [5.74, 6) is 0.0113. The maximum Gasteiger partial charge on any atom is 0.330 e. The van der Waals surface area contributed by atoms with Crippen molar-refractivity contribution >= 4 is 11.9 Å². The molecule has 0 saturated heterocycles. The second-order valence-corrected chi connectivity index (χ2v) is 5.04. The number of carbonyl (C=O) groups excluding carboxylic acids is 2. The van der Waals surface area contributed by atoms with Gasteiger partial charge >= 0.3 is 11.9 Å². The molecule has 1 aliphatic carbocycles. The largest absolute Gasteiger partial charge is 0.462 e. The van der Waals surface area contributed by atoms with E-state index >= 15 is 0 Å². The average Bonchev–Trinajstić information content (AvgIpc) is 2.41. The Kier molecular flexibility index (Phi) is 7.23. The first kappa shape index (κ1) is 15.7. The van der Waals surface area contributed by atoms with E-state index in [2.05, 4.69) is 13.5 Å². The molecule has 1 fully saturated rings. The predicted octanol–water partition coefficient (Wildman–Crippen LogP) is 3.01. The lowest BCUT2D eigenvalue weighted by Crippen LogP contribution is -2.25. The van der Waals surface area contributed by atoms with Gasteiger partial charge in [-0.15, -0.1) is 0 Å². The van der Waals surface area contributed by atoms with E-state index in [-0.39, 0.29) is 25.1 Å². The number of rotatable bonds is 7. The summed E-state index contributed by atoms with van der Waals surface area (Å²) in [5.41, 5.74) is 0. The van der Waals surface area contributed by atoms with Crippen molar-refractivity contribution in [1.29, 1.82) is 0 Å². The second kappa shape index (κ2) is 8.73. The molecule has 1 aliphatic rings. The van der Waals surface area contributed by atoms with Gasteiger partial charge < -0.3 is 9.47 Å². The van der Waals surface area contributed by atoms with Crippen molar-refractivity contribution in [1.82, 2.24) is 0 Å². The van der Waals surface area contributed by atoms with Gasteiger partial charge in [0.05, 0.1) is 6.42 Å². The summed E-state index contributed by atoms with van der Waals surface area (Å²) in [4.78, 5) is 22.3. The van der Waals surface area contributed by atoms with Gasteiger partial charge in [-0.05, 0) is 31.6 Å². The zero-order valence-corrected chi connectivity index (χ0v) is 11.7. The topological polar surface area (TPSA) is 52.6 Å². The van der Waals surface area contributed by atoms with Gasteiger partial charge in [0.1, 0.15) is 12.7 Å². The minimum absolute atomic E-state index is 0.0516. The standard InChI is InChI=1S/C15H24O4/c1-3-5-12-6-8-13(9-7-12)19-15(17)10-11-18-14(16)4-2/h4,12-13H,2-3,5-11H2,1H3. The molecule has 4 heteroatoms. The van der Waals surface area contributed by atoms with Crippen molar-refractivity contribution in [2.24, 2.45) is 5.92 Å². The van der Waals surface area contributed by atoms with Crippen molar-refractivity contribution in [3.8, 4) is 0 Å². The molecule has 4 nitrogen and oxygen atoms in total. The van der Waals surface area contributed by atoms with Gasteiger partial charge in [-0.2, -0.15) is 0 Å². The highest BCUT2D eigenvalue weighted by Gasteiger charge is 2.23. The summed E-state index contributed by atoms with van der Waals surface area (Å²) in [7, 11) is 0. The number of carbonyl (C=O) groups is 2. The number of hydrogen-bond donors (Lipinski definition) is 0. The molecular weight excluding hydrogens is 244 g/mol. The van der Waals surface area contributed by atoms with Crippen LogP contribution in [0, 0.1) is 5.92 Å². The molecule has 0 unspecified atom stereocenters. The average molecular weight is 268 g/mol. The van der Waals surface area contributed by atoms with Gasteiger partial charge in [-0.25, -0.2) is 4.79 Å². The van der Waals surface area contributed by atoms with Crippen LogP contribution < -0.4 is 0 Å². The molecule has 1 rings (SSSR count). The fraction of sp³-hybridized carbons (Fsp3) is 0.733. The van der Waals surface area contributed by atoms with Gasteiger partial charge in [-0.3, -0.25) is 4.79 Å². The Labute approximate surface area is 115 Å². The van der Waals surface area contributed by atoms with Gasteiger partial charge in [0, 0.05) is 6.08 Å². The molecular formula is C15H24O4. The Morgan fingerprint density at radius 2 is 1.95 bits per heavy atom. The van der Waals surface area contributed by atoms with Crippen molar-refractivity contribution in [3.05, 3.63) is 12.7 Å². The normalized spacial score (nSPS) is 22.6. The molecule has 0 radical (unpaired) electrons. The van der Waals surface area contributed by atoms with Gasteiger partial charge in [0.2, 0.25) is 0 Å². The first-order valence-corrected chi connectivity index (χ1v) is 7.14. The fourth-order valence-electron chi connectivity index (χ4n) is 2.49. The van der Waals surface area contributed by atoms with Crippen LogP contribution in [0.25, 0.3) is 0 Å². The maximum absolute atomic E-state index is 11.5. The number of hydrogen-bond acceptors (Lipinski definition) is 4. The molecule has 1 saturated carbocycles. The monoisotopic (exact) mass is 268 g/mol. The predicted molar refractivity (Wildman–Crippen MR) is 72.5 cm³/mol. The minimum atomic E-state index is -0.507. The van der Waals surface area contributed by atoms with E-state index in [0.717, 1.165) is 37.7 Å². The van der Waals surface area contributed by atoms with Crippen molar-refractivity contribution in [3.63, 3.8) is 0 Å². The summed E-state index contributed by atoms with van der Waals surface area (Å²) in [6.45, 7) is 5.55. The van der Waals surface area contributed by atoms with Crippen LogP contribution >= 0.6 is 0 Å². The lowest BCUT2D eigenvalue weighted by molar-refractivity contribution is -0.153. The first-order valence-electron chi connectivity index (χ1n) is 7.14. The summed E-state index contributed by atoms with van der Waals surface area (Å²) in [6.07, 6.45) is 7.98. The maximum atomic E-state index is 11.5. The van der Waals surface area contributed by atoms with Gasteiger partial charge in [0.15, 0.2) is 0 Å². The van der Waals surface area contributed by atoms with Crippen LogP contribution in [0.15, 0.2) is 12.7 Å². The molecule has 0 aromatic heterocycles. The van der Waals surface area contributed by atoms with E-state index in [1.54, 1.807) is 0 Å². The molecule has 0 N–H and O–H groups in total. The van der Waals surface area contributed by atoms with Crippen LogP contribution in [-0.4, -0.2) is 24.6 Å². The molecule has 108 valence electrons. The summed E-state index contributed by atoms with van der Waals surface area (Å²) in [6, 6.07) is 0. The Bertz CT molecular complexity index is 303. The summed E-state index contributed by atoms with van der Waals surface area (Å²) < 4.78 is 10.1. The lowest BCUT2D eigenvalue weighted by Gasteiger charge is -2.28. The summed E-state index contributed by atoms with van der Waals surface area (Å²) in [5, 5.41) is 0. The smallest absolute Gasteiger partial charge is 0.330 e. The van der Waals surface area contributed by atoms with Crippen molar-refractivity contribution < 1.29 is 19.1 Å². The third-order valence-corrected chi connectivity index (χ3v) is 3.51. The van der Waals surface area contributed by atoms with Gasteiger partial charge in [0.25, 0.3) is 0 Å². The van der Waals surface area contributed by atoms with E-state index < -0.39 is 5.97 Å². The molecule has 0 aromatic carbocycles. The zero-order chi connectivity index (χ0) is 14.1. The van der Waals surface area contributed by atoms with Crippen LogP contribution in [0.1, 0.15) is 51.9 Å². The molecule has 0 heterocycles. The second-order valence-electron chi connectivity index (χ2n) is 5.04. The number of esters is 2. The van der Waals surface area contributed by atoms with Crippen LogP contribution in [0.2, 0.25) is 0 Å². The van der Waals surface area contributed by atoms with Crippen LogP contribution in [0.3, 0.4) is 0 Å². The van der Waals surface area contributed by atoms with Crippen LogP contribution in [0.4, 0.5) is 0 Å². The van der Waals surface area contributed by atoms with Crippen molar-refractivity contribution in [2.45, 2.75) is 58.0 Å². The minimum Gasteiger partial charge on any atom is -0.462 e. The van der Waals surface area contributed by atoms with Gasteiger partial charge in [-0.1, -0.05) is 26.3 Å². The molecule has 0 aliphatic heterocycles. The zero-order valence-electron chi connectivity index (χ0n) is 11.7.